The van der Waals surface area contributed by atoms with Gasteiger partial charge < -0.3 is 9.64 Å². The molecule has 0 aromatic heterocycles. The summed E-state index contributed by atoms with van der Waals surface area (Å²) in [7, 11) is 1.55. The Morgan fingerprint density at radius 1 is 1.58 bits per heavy atom. The maximum Gasteiger partial charge on any atom is 0.416 e. The van der Waals surface area contributed by atoms with Crippen molar-refractivity contribution in [1.82, 2.24) is 4.90 Å². The summed E-state index contributed by atoms with van der Waals surface area (Å²) in [6, 6.07) is 4.50. The van der Waals surface area contributed by atoms with Crippen LogP contribution in [-0.4, -0.2) is 36.7 Å². The summed E-state index contributed by atoms with van der Waals surface area (Å²) < 4.78 is 19.1. The monoisotopic (exact) mass is 378 g/mol. The summed E-state index contributed by atoms with van der Waals surface area (Å²) in [4.78, 5) is 25.6. The molecule has 1 aromatic carbocycles. The van der Waals surface area contributed by atoms with Crippen molar-refractivity contribution in [2.45, 2.75) is 13.2 Å². The lowest BCUT2D eigenvalue weighted by Crippen LogP contribution is -2.38. The second kappa shape index (κ2) is 5.32. The molecule has 2 amide bonds. The second-order valence-electron chi connectivity index (χ2n) is 4.18. The van der Waals surface area contributed by atoms with Crippen LogP contribution in [0.15, 0.2) is 18.2 Å². The van der Waals surface area contributed by atoms with Crippen LogP contribution in [0.25, 0.3) is 0 Å². The Kier molecular flexibility index (Phi) is 3.93. The van der Waals surface area contributed by atoms with E-state index in [2.05, 4.69) is 0 Å². The quantitative estimate of drug-likeness (QED) is 0.742. The fourth-order valence-corrected chi connectivity index (χ4v) is 2.05. The standard InChI is InChI=1S/C12H12FIN2O3/c1-7(17)15(2)11-6-16(12(18)19-11)8-3-4-10(14)9(13)5-8/h3-5,11H,6H2,1-2H3/t11-/m0/s1. The predicted molar refractivity (Wildman–Crippen MR) is 75.2 cm³/mol. The molecule has 7 heteroatoms. The smallest absolute Gasteiger partial charge is 0.416 e. The van der Waals surface area contributed by atoms with E-state index in [-0.39, 0.29) is 12.5 Å². The Morgan fingerprint density at radius 2 is 2.26 bits per heavy atom. The van der Waals surface area contributed by atoms with Gasteiger partial charge >= 0.3 is 6.09 Å². The molecule has 1 fully saturated rings. The van der Waals surface area contributed by atoms with E-state index < -0.39 is 18.1 Å². The number of hydrogen-bond donors (Lipinski definition) is 0. The first kappa shape index (κ1) is 14.0. The summed E-state index contributed by atoms with van der Waals surface area (Å²) in [5.41, 5.74) is 0.419. The van der Waals surface area contributed by atoms with Gasteiger partial charge in [-0.3, -0.25) is 9.69 Å². The Morgan fingerprint density at radius 3 is 2.84 bits per heavy atom. The normalized spacial score (nSPS) is 18.4. The van der Waals surface area contributed by atoms with Crippen LogP contribution in [0, 0.1) is 9.39 Å². The van der Waals surface area contributed by atoms with E-state index in [9.17, 15) is 14.0 Å². The van der Waals surface area contributed by atoms with Crippen LogP contribution in [0.3, 0.4) is 0 Å². The van der Waals surface area contributed by atoms with Crippen molar-refractivity contribution < 1.29 is 18.7 Å². The Balaban J connectivity index is 2.20. The molecular weight excluding hydrogens is 366 g/mol. The molecule has 0 N–H and O–H groups in total. The Bertz CT molecular complexity index is 538. The van der Waals surface area contributed by atoms with Gasteiger partial charge in [0.1, 0.15) is 5.82 Å². The SMILES string of the molecule is CC(=O)N(C)[C@@H]1CN(c2ccc(I)c(F)c2)C(=O)O1. The summed E-state index contributed by atoms with van der Waals surface area (Å²) in [5, 5.41) is 0. The van der Waals surface area contributed by atoms with Crippen molar-refractivity contribution in [2.24, 2.45) is 0 Å². The van der Waals surface area contributed by atoms with E-state index in [1.165, 1.54) is 22.8 Å². The lowest BCUT2D eigenvalue weighted by molar-refractivity contribution is -0.134. The number of nitrogens with zero attached hydrogens (tertiary/aromatic N) is 2. The molecule has 0 aliphatic carbocycles. The first-order valence-corrected chi connectivity index (χ1v) is 6.64. The number of carbonyl (C=O) groups excluding carboxylic acids is 2. The van der Waals surface area contributed by atoms with Gasteiger partial charge in [0.15, 0.2) is 6.23 Å². The largest absolute Gasteiger partial charge is 0.423 e. The number of rotatable bonds is 2. The highest BCUT2D eigenvalue weighted by Gasteiger charge is 2.35. The van der Waals surface area contributed by atoms with Crippen LogP contribution in [0.4, 0.5) is 14.9 Å². The van der Waals surface area contributed by atoms with Gasteiger partial charge in [-0.25, -0.2) is 9.18 Å². The summed E-state index contributed by atoms with van der Waals surface area (Å²) in [6.45, 7) is 1.58. The van der Waals surface area contributed by atoms with Crippen LogP contribution in [0.1, 0.15) is 6.92 Å². The number of benzene rings is 1. The van der Waals surface area contributed by atoms with Gasteiger partial charge in [-0.2, -0.15) is 0 Å². The van der Waals surface area contributed by atoms with Crippen molar-refractivity contribution in [2.75, 3.05) is 18.5 Å². The fourth-order valence-electron chi connectivity index (χ4n) is 1.72. The third-order valence-corrected chi connectivity index (χ3v) is 3.81. The zero-order valence-electron chi connectivity index (χ0n) is 10.4. The molecule has 2 rings (SSSR count). The Hall–Kier alpha value is -1.38. The van der Waals surface area contributed by atoms with E-state index in [4.69, 9.17) is 4.74 Å². The summed E-state index contributed by atoms with van der Waals surface area (Å²) in [6.07, 6.45) is -1.23. The number of halogens is 2. The van der Waals surface area contributed by atoms with E-state index in [0.29, 0.717) is 9.26 Å². The van der Waals surface area contributed by atoms with Gasteiger partial charge in [0.05, 0.1) is 12.2 Å². The molecule has 0 saturated carbocycles. The molecule has 1 aliphatic heterocycles. The topological polar surface area (TPSA) is 49.9 Å². The van der Waals surface area contributed by atoms with Crippen molar-refractivity contribution in [3.05, 3.63) is 27.6 Å². The minimum absolute atomic E-state index is 0.189. The third kappa shape index (κ3) is 2.80. The Labute approximate surface area is 123 Å². The van der Waals surface area contributed by atoms with Crippen LogP contribution >= 0.6 is 22.6 Å². The second-order valence-corrected chi connectivity index (χ2v) is 5.34. The average Bonchev–Trinajstić information content (AvgIpc) is 2.73. The highest BCUT2D eigenvalue weighted by atomic mass is 127. The molecule has 1 aromatic rings. The minimum atomic E-state index is -0.646. The van der Waals surface area contributed by atoms with Gasteiger partial charge in [0.2, 0.25) is 5.91 Å². The predicted octanol–water partition coefficient (Wildman–Crippen LogP) is 2.19. The van der Waals surface area contributed by atoms with Gasteiger partial charge in [-0.15, -0.1) is 0 Å². The van der Waals surface area contributed by atoms with Crippen LogP contribution in [0.5, 0.6) is 0 Å². The first-order chi connectivity index (χ1) is 8.90. The fraction of sp³-hybridized carbons (Fsp3) is 0.333. The number of ether oxygens (including phenoxy) is 1. The van der Waals surface area contributed by atoms with Crippen LogP contribution in [-0.2, 0) is 9.53 Å². The van der Waals surface area contributed by atoms with Gasteiger partial charge in [0, 0.05) is 17.5 Å². The van der Waals surface area contributed by atoms with E-state index in [1.807, 2.05) is 22.6 Å². The van der Waals surface area contributed by atoms with Gasteiger partial charge in [-0.1, -0.05) is 0 Å². The minimum Gasteiger partial charge on any atom is -0.423 e. The number of hydrogen-bond acceptors (Lipinski definition) is 3. The molecule has 19 heavy (non-hydrogen) atoms. The molecular formula is C12H12FIN2O3. The number of likely N-dealkylation sites (N-methyl/N-ethyl adjacent to an activating group) is 1. The molecule has 0 unspecified atom stereocenters. The molecule has 1 heterocycles. The lowest BCUT2D eigenvalue weighted by atomic mass is 10.3. The van der Waals surface area contributed by atoms with Crippen LogP contribution in [0.2, 0.25) is 0 Å². The van der Waals surface area contributed by atoms with Gasteiger partial charge in [-0.05, 0) is 40.8 Å². The lowest BCUT2D eigenvalue weighted by Gasteiger charge is -2.20. The average molecular weight is 378 g/mol. The number of carbonyl (C=O) groups is 2. The highest BCUT2D eigenvalue weighted by Crippen LogP contribution is 2.25. The summed E-state index contributed by atoms with van der Waals surface area (Å²) in [5.74, 6) is -0.595. The molecule has 5 nitrogen and oxygen atoms in total. The molecule has 0 spiro atoms. The molecule has 1 aliphatic rings. The van der Waals surface area contributed by atoms with Gasteiger partial charge in [0.25, 0.3) is 0 Å². The first-order valence-electron chi connectivity index (χ1n) is 5.56. The number of anilines is 1. The molecule has 0 radical (unpaired) electrons. The molecule has 1 atom stereocenters. The summed E-state index contributed by atoms with van der Waals surface area (Å²) >= 11 is 1.87. The molecule has 1 saturated heterocycles. The maximum atomic E-state index is 13.5. The van der Waals surface area contributed by atoms with E-state index in [1.54, 1.807) is 19.2 Å². The zero-order chi connectivity index (χ0) is 14.2. The van der Waals surface area contributed by atoms with Crippen molar-refractivity contribution >= 4 is 40.3 Å². The molecule has 0 bridgehead atoms. The van der Waals surface area contributed by atoms with Crippen LogP contribution < -0.4 is 4.90 Å². The number of amides is 2. The van der Waals surface area contributed by atoms with E-state index >= 15 is 0 Å². The maximum absolute atomic E-state index is 13.5. The van der Waals surface area contributed by atoms with Crippen molar-refractivity contribution in [3.63, 3.8) is 0 Å². The van der Waals surface area contributed by atoms with Crippen molar-refractivity contribution in [3.8, 4) is 0 Å². The molecule has 102 valence electrons. The zero-order valence-corrected chi connectivity index (χ0v) is 12.5. The third-order valence-electron chi connectivity index (χ3n) is 2.94. The van der Waals surface area contributed by atoms with Crippen molar-refractivity contribution in [1.29, 1.82) is 0 Å². The van der Waals surface area contributed by atoms with E-state index in [0.717, 1.165) is 0 Å². The highest BCUT2D eigenvalue weighted by molar-refractivity contribution is 14.1. The number of cyclic esters (lactones) is 1.